The highest BCUT2D eigenvalue weighted by molar-refractivity contribution is 6.09. The Bertz CT molecular complexity index is 891. The van der Waals surface area contributed by atoms with Crippen LogP contribution < -0.4 is 5.32 Å². The minimum absolute atomic E-state index is 0.0348. The van der Waals surface area contributed by atoms with E-state index < -0.39 is 30.3 Å². The van der Waals surface area contributed by atoms with Crippen LogP contribution in [0, 0.1) is 0 Å². The molecule has 1 amide bonds. The number of hydrogen-bond donors (Lipinski definition) is 1. The van der Waals surface area contributed by atoms with Crippen LogP contribution in [0.4, 0.5) is 18.0 Å². The van der Waals surface area contributed by atoms with Crippen LogP contribution in [0.2, 0.25) is 0 Å². The summed E-state index contributed by atoms with van der Waals surface area (Å²) in [5.74, 6) is -2.95. The van der Waals surface area contributed by atoms with Crippen molar-refractivity contribution < 1.29 is 32.3 Å². The maximum absolute atomic E-state index is 12.2. The molecule has 2 aromatic rings. The van der Waals surface area contributed by atoms with Crippen molar-refractivity contribution in [1.29, 1.82) is 0 Å². The first kappa shape index (κ1) is 22.9. The van der Waals surface area contributed by atoms with Gasteiger partial charge in [-0.3, -0.25) is 9.59 Å². The van der Waals surface area contributed by atoms with Crippen LogP contribution in [0.15, 0.2) is 60.7 Å². The first-order valence-electron chi connectivity index (χ1n) is 9.10. The molecule has 1 N–H and O–H groups in total. The third-order valence-corrected chi connectivity index (χ3v) is 3.97. The van der Waals surface area contributed by atoms with Crippen molar-refractivity contribution in [3.63, 3.8) is 0 Å². The lowest BCUT2D eigenvalue weighted by atomic mass is 10.0. The summed E-state index contributed by atoms with van der Waals surface area (Å²) in [6.07, 6.45) is -2.68. The summed E-state index contributed by atoms with van der Waals surface area (Å²) in [6.45, 7) is 0.544. The summed E-state index contributed by atoms with van der Waals surface area (Å²) >= 11 is 0. The number of carbonyl (C=O) groups excluding carboxylic acids is 3. The van der Waals surface area contributed by atoms with E-state index in [0.29, 0.717) is 13.0 Å². The van der Waals surface area contributed by atoms with Gasteiger partial charge in [-0.1, -0.05) is 66.7 Å². The first-order chi connectivity index (χ1) is 14.3. The van der Waals surface area contributed by atoms with E-state index in [1.807, 2.05) is 30.3 Å². The smallest absolute Gasteiger partial charge is 0.445 e. The van der Waals surface area contributed by atoms with Gasteiger partial charge in [0, 0.05) is 12.1 Å². The standard InChI is InChI=1S/C22H20F3NO4/c23-22(24,25)20(28)14-19(27)18-11-9-16(10-12-18)6-4-5-13-26-21(29)30-15-17-7-2-1-3-8-17/h1-4,6-12H,5,13-15H2,(H,26,29). The van der Waals surface area contributed by atoms with Crippen LogP contribution in [-0.2, 0) is 16.1 Å². The number of benzene rings is 2. The fourth-order valence-corrected chi connectivity index (χ4v) is 2.38. The van der Waals surface area contributed by atoms with Gasteiger partial charge in [0.25, 0.3) is 0 Å². The van der Waals surface area contributed by atoms with E-state index >= 15 is 0 Å². The van der Waals surface area contributed by atoms with Crippen molar-refractivity contribution in [3.8, 4) is 0 Å². The van der Waals surface area contributed by atoms with Crippen LogP contribution in [0.5, 0.6) is 0 Å². The Labute approximate surface area is 171 Å². The SMILES string of the molecule is O=C(NCCC=Cc1ccc(C(=O)CC(=O)C(F)(F)F)cc1)OCc1ccccc1. The van der Waals surface area contributed by atoms with Crippen LogP contribution >= 0.6 is 0 Å². The second-order valence-corrected chi connectivity index (χ2v) is 6.32. The van der Waals surface area contributed by atoms with Crippen molar-refractivity contribution >= 4 is 23.7 Å². The fraction of sp³-hybridized carbons (Fsp3) is 0.227. The Hall–Kier alpha value is -3.42. The number of halogens is 3. The molecular formula is C22H20F3NO4. The fourth-order valence-electron chi connectivity index (χ4n) is 2.38. The Morgan fingerprint density at radius 1 is 0.967 bits per heavy atom. The predicted octanol–water partition coefficient (Wildman–Crippen LogP) is 4.72. The number of ketones is 2. The molecule has 0 aliphatic rings. The molecule has 8 heteroatoms. The highest BCUT2D eigenvalue weighted by Gasteiger charge is 2.39. The molecule has 0 bridgehead atoms. The number of ether oxygens (including phenoxy) is 1. The van der Waals surface area contributed by atoms with Crippen molar-refractivity contribution in [2.75, 3.05) is 6.54 Å². The van der Waals surface area contributed by atoms with Gasteiger partial charge in [0.05, 0.1) is 6.42 Å². The molecule has 0 unspecified atom stereocenters. The normalized spacial score (nSPS) is 11.3. The molecule has 5 nitrogen and oxygen atoms in total. The van der Waals surface area contributed by atoms with Crippen LogP contribution in [-0.4, -0.2) is 30.4 Å². The van der Waals surface area contributed by atoms with E-state index in [1.54, 1.807) is 24.3 Å². The second-order valence-electron chi connectivity index (χ2n) is 6.32. The molecule has 0 heterocycles. The lowest BCUT2D eigenvalue weighted by Crippen LogP contribution is -2.25. The van der Waals surface area contributed by atoms with E-state index in [1.165, 1.54) is 12.1 Å². The highest BCUT2D eigenvalue weighted by atomic mass is 19.4. The Morgan fingerprint density at radius 3 is 2.27 bits per heavy atom. The lowest BCUT2D eigenvalue weighted by Gasteiger charge is -2.06. The summed E-state index contributed by atoms with van der Waals surface area (Å²) in [7, 11) is 0. The monoisotopic (exact) mass is 419 g/mol. The molecule has 2 aromatic carbocycles. The molecule has 0 spiro atoms. The molecule has 0 aliphatic carbocycles. The van der Waals surface area contributed by atoms with Crippen molar-refractivity contribution in [2.45, 2.75) is 25.6 Å². The number of Topliss-reactive ketones (excluding diaryl/α,β-unsaturated/α-hetero) is 2. The molecule has 158 valence electrons. The van der Waals surface area contributed by atoms with Crippen LogP contribution in [0.25, 0.3) is 6.08 Å². The van der Waals surface area contributed by atoms with E-state index in [2.05, 4.69) is 5.32 Å². The number of amides is 1. The van der Waals surface area contributed by atoms with Crippen molar-refractivity contribution in [3.05, 3.63) is 77.4 Å². The van der Waals surface area contributed by atoms with Gasteiger partial charge in [0.2, 0.25) is 5.78 Å². The molecule has 0 fully saturated rings. The molecule has 0 atom stereocenters. The van der Waals surface area contributed by atoms with Gasteiger partial charge < -0.3 is 10.1 Å². The Morgan fingerprint density at radius 2 is 1.63 bits per heavy atom. The van der Waals surface area contributed by atoms with Gasteiger partial charge in [0.15, 0.2) is 5.78 Å². The van der Waals surface area contributed by atoms with Crippen LogP contribution in [0.1, 0.15) is 34.3 Å². The topological polar surface area (TPSA) is 72.5 Å². The van der Waals surface area contributed by atoms with Gasteiger partial charge in [-0.05, 0) is 17.5 Å². The molecule has 2 rings (SSSR count). The second kappa shape index (κ2) is 10.9. The first-order valence-corrected chi connectivity index (χ1v) is 9.10. The van der Waals surface area contributed by atoms with Gasteiger partial charge >= 0.3 is 12.3 Å². The highest BCUT2D eigenvalue weighted by Crippen LogP contribution is 2.19. The average molecular weight is 419 g/mol. The van der Waals surface area contributed by atoms with E-state index in [0.717, 1.165) is 11.1 Å². The van der Waals surface area contributed by atoms with Gasteiger partial charge in [0.1, 0.15) is 6.61 Å². The minimum Gasteiger partial charge on any atom is -0.445 e. The molecule has 30 heavy (non-hydrogen) atoms. The number of alkyl halides is 3. The molecule has 0 saturated carbocycles. The van der Waals surface area contributed by atoms with Gasteiger partial charge in [-0.2, -0.15) is 13.2 Å². The zero-order valence-corrected chi connectivity index (χ0v) is 15.9. The van der Waals surface area contributed by atoms with Gasteiger partial charge in [-0.25, -0.2) is 4.79 Å². The van der Waals surface area contributed by atoms with Gasteiger partial charge in [-0.15, -0.1) is 0 Å². The van der Waals surface area contributed by atoms with E-state index in [4.69, 9.17) is 4.74 Å². The predicted molar refractivity (Wildman–Crippen MR) is 105 cm³/mol. The molecule has 0 aromatic heterocycles. The number of nitrogens with one attached hydrogen (secondary N) is 1. The van der Waals surface area contributed by atoms with Crippen molar-refractivity contribution in [2.24, 2.45) is 0 Å². The number of carbonyl (C=O) groups is 3. The number of rotatable bonds is 9. The summed E-state index contributed by atoms with van der Waals surface area (Å²) in [6, 6.07) is 15.1. The average Bonchev–Trinajstić information content (AvgIpc) is 2.72. The Balaban J connectivity index is 1.70. The third kappa shape index (κ3) is 7.90. The number of hydrogen-bond acceptors (Lipinski definition) is 4. The quantitative estimate of drug-likeness (QED) is 0.363. The maximum Gasteiger partial charge on any atom is 0.450 e. The molecular weight excluding hydrogens is 399 g/mol. The minimum atomic E-state index is -5.01. The molecule has 0 aliphatic heterocycles. The zero-order valence-electron chi connectivity index (χ0n) is 15.9. The maximum atomic E-state index is 12.2. The summed E-state index contributed by atoms with van der Waals surface area (Å²) in [5.41, 5.74) is 1.64. The number of alkyl carbamates (subject to hydrolysis) is 1. The summed E-state index contributed by atoms with van der Waals surface area (Å²) < 4.78 is 41.7. The molecule has 0 saturated heterocycles. The lowest BCUT2D eigenvalue weighted by molar-refractivity contribution is -0.170. The van der Waals surface area contributed by atoms with E-state index in [9.17, 15) is 27.6 Å². The molecule has 0 radical (unpaired) electrons. The van der Waals surface area contributed by atoms with E-state index in [-0.39, 0.29) is 12.2 Å². The summed E-state index contributed by atoms with van der Waals surface area (Å²) in [5, 5.41) is 2.61. The Kier molecular flexibility index (Phi) is 8.34. The largest absolute Gasteiger partial charge is 0.450 e. The van der Waals surface area contributed by atoms with Crippen LogP contribution in [0.3, 0.4) is 0 Å². The van der Waals surface area contributed by atoms with Crippen molar-refractivity contribution in [1.82, 2.24) is 5.32 Å². The zero-order chi connectivity index (χ0) is 22.0. The summed E-state index contributed by atoms with van der Waals surface area (Å²) in [4.78, 5) is 34.2. The third-order valence-electron chi connectivity index (χ3n) is 3.97.